The first kappa shape index (κ1) is 17.8. The highest BCUT2D eigenvalue weighted by Gasteiger charge is 2.21. The van der Waals surface area contributed by atoms with Crippen molar-refractivity contribution in [2.75, 3.05) is 23.7 Å². The number of rotatable bonds is 7. The number of anilines is 1. The van der Waals surface area contributed by atoms with Crippen molar-refractivity contribution in [1.82, 2.24) is 5.32 Å². The van der Waals surface area contributed by atoms with E-state index in [1.54, 1.807) is 12.1 Å². The molecule has 0 aliphatic rings. The lowest BCUT2D eigenvalue weighted by molar-refractivity contribution is -0.120. The van der Waals surface area contributed by atoms with E-state index in [-0.39, 0.29) is 23.9 Å². The van der Waals surface area contributed by atoms with E-state index < -0.39 is 10.0 Å². The van der Waals surface area contributed by atoms with Gasteiger partial charge in [-0.3, -0.25) is 9.10 Å². The first-order valence-corrected chi connectivity index (χ1v) is 8.66. The zero-order chi connectivity index (χ0) is 16.0. The van der Waals surface area contributed by atoms with Crippen molar-refractivity contribution in [2.24, 2.45) is 0 Å². The normalized spacial score (nSPS) is 11.0. The zero-order valence-corrected chi connectivity index (χ0v) is 13.8. The van der Waals surface area contributed by atoms with Crippen molar-refractivity contribution in [3.05, 3.63) is 40.9 Å². The number of halogens is 2. The Bertz CT molecular complexity index is 632. The molecule has 0 radical (unpaired) electrons. The van der Waals surface area contributed by atoms with Gasteiger partial charge in [0.2, 0.25) is 15.9 Å². The van der Waals surface area contributed by atoms with E-state index in [9.17, 15) is 13.2 Å². The third kappa shape index (κ3) is 5.57. The Balaban J connectivity index is 2.92. The molecule has 0 bridgehead atoms. The number of hydrogen-bond donors (Lipinski definition) is 1. The van der Waals surface area contributed by atoms with Gasteiger partial charge in [0.1, 0.15) is 0 Å². The second kappa shape index (κ2) is 7.68. The maximum Gasteiger partial charge on any atom is 0.232 e. The van der Waals surface area contributed by atoms with Crippen LogP contribution in [0, 0.1) is 0 Å². The molecule has 5 nitrogen and oxygen atoms in total. The molecule has 0 atom stereocenters. The minimum absolute atomic E-state index is 0.0108. The molecule has 1 amide bonds. The first-order valence-electron chi connectivity index (χ1n) is 6.06. The van der Waals surface area contributed by atoms with Crippen LogP contribution < -0.4 is 9.62 Å². The molecule has 8 heteroatoms. The van der Waals surface area contributed by atoms with Crippen molar-refractivity contribution in [3.8, 4) is 0 Å². The molecule has 0 unspecified atom stereocenters. The van der Waals surface area contributed by atoms with Crippen LogP contribution in [-0.2, 0) is 14.8 Å². The quantitative estimate of drug-likeness (QED) is 0.768. The molecular formula is C13H16Cl2N2O3S. The number of benzene rings is 1. The third-order valence-electron chi connectivity index (χ3n) is 2.56. The molecule has 0 aromatic heterocycles. The summed E-state index contributed by atoms with van der Waals surface area (Å²) in [7, 11) is -3.56. The van der Waals surface area contributed by atoms with Crippen LogP contribution in [0.2, 0.25) is 10.0 Å². The van der Waals surface area contributed by atoms with Crippen LogP contribution in [-0.4, -0.2) is 33.7 Å². The molecular weight excluding hydrogens is 335 g/mol. The van der Waals surface area contributed by atoms with Gasteiger partial charge in [0.05, 0.1) is 17.0 Å². The molecule has 0 saturated heterocycles. The predicted octanol–water partition coefficient (Wildman–Crippen LogP) is 2.45. The standard InChI is InChI=1S/C13H16Cl2N2O3S/c1-3-7-16-13(18)6-8-17(21(2,19)20)12-5-4-10(14)9-11(12)15/h3-5,9H,1,6-8H2,2H3,(H,16,18). The van der Waals surface area contributed by atoms with Crippen molar-refractivity contribution in [2.45, 2.75) is 6.42 Å². The molecule has 21 heavy (non-hydrogen) atoms. The van der Waals surface area contributed by atoms with Gasteiger partial charge in [0.15, 0.2) is 0 Å². The van der Waals surface area contributed by atoms with E-state index in [1.807, 2.05) is 0 Å². The van der Waals surface area contributed by atoms with Crippen LogP contribution >= 0.6 is 23.2 Å². The minimum atomic E-state index is -3.56. The molecule has 1 aromatic rings. The van der Waals surface area contributed by atoms with Crippen LogP contribution in [0.4, 0.5) is 5.69 Å². The summed E-state index contributed by atoms with van der Waals surface area (Å²) in [5.74, 6) is -0.270. The maximum absolute atomic E-state index is 11.9. The lowest BCUT2D eigenvalue weighted by atomic mass is 10.3. The molecule has 0 fully saturated rings. The SMILES string of the molecule is C=CCNC(=O)CCN(c1ccc(Cl)cc1Cl)S(C)(=O)=O. The van der Waals surface area contributed by atoms with E-state index in [0.717, 1.165) is 10.6 Å². The van der Waals surface area contributed by atoms with E-state index in [2.05, 4.69) is 11.9 Å². The van der Waals surface area contributed by atoms with Crippen LogP contribution in [0.25, 0.3) is 0 Å². The van der Waals surface area contributed by atoms with Crippen molar-refractivity contribution >= 4 is 44.8 Å². The van der Waals surface area contributed by atoms with Gasteiger partial charge >= 0.3 is 0 Å². The number of hydrogen-bond acceptors (Lipinski definition) is 3. The Morgan fingerprint density at radius 3 is 2.62 bits per heavy atom. The summed E-state index contributed by atoms with van der Waals surface area (Å²) < 4.78 is 24.8. The smallest absolute Gasteiger partial charge is 0.232 e. The summed E-state index contributed by atoms with van der Waals surface area (Å²) >= 11 is 11.8. The molecule has 116 valence electrons. The van der Waals surface area contributed by atoms with E-state index in [1.165, 1.54) is 12.1 Å². The first-order chi connectivity index (χ1) is 9.75. The van der Waals surface area contributed by atoms with Gasteiger partial charge in [-0.25, -0.2) is 8.42 Å². The highest BCUT2D eigenvalue weighted by Crippen LogP contribution is 2.30. The fraction of sp³-hybridized carbons (Fsp3) is 0.308. The number of carbonyl (C=O) groups is 1. The van der Waals surface area contributed by atoms with Crippen LogP contribution in [0.15, 0.2) is 30.9 Å². The van der Waals surface area contributed by atoms with Crippen molar-refractivity contribution < 1.29 is 13.2 Å². The lowest BCUT2D eigenvalue weighted by Gasteiger charge is -2.23. The molecule has 1 rings (SSSR count). The molecule has 1 aromatic carbocycles. The Kier molecular flexibility index (Phi) is 6.51. The fourth-order valence-electron chi connectivity index (χ4n) is 1.63. The number of nitrogens with one attached hydrogen (secondary N) is 1. The zero-order valence-electron chi connectivity index (χ0n) is 11.5. The summed E-state index contributed by atoms with van der Waals surface area (Å²) in [4.78, 5) is 11.6. The molecule has 0 aliphatic heterocycles. The molecule has 0 saturated carbocycles. The average molecular weight is 351 g/mol. The molecule has 0 aliphatic carbocycles. The summed E-state index contributed by atoms with van der Waals surface area (Å²) in [5, 5.41) is 3.19. The van der Waals surface area contributed by atoms with Gasteiger partial charge in [-0.05, 0) is 18.2 Å². The number of carbonyl (C=O) groups excluding carboxylic acids is 1. The van der Waals surface area contributed by atoms with Gasteiger partial charge in [-0.1, -0.05) is 29.3 Å². The summed E-state index contributed by atoms with van der Waals surface area (Å²) in [6.45, 7) is 3.81. The van der Waals surface area contributed by atoms with Gasteiger partial charge < -0.3 is 5.32 Å². The largest absolute Gasteiger partial charge is 0.353 e. The van der Waals surface area contributed by atoms with Gasteiger partial charge in [0.25, 0.3) is 0 Å². The number of amides is 1. The lowest BCUT2D eigenvalue weighted by Crippen LogP contribution is -2.34. The van der Waals surface area contributed by atoms with E-state index in [4.69, 9.17) is 23.2 Å². The summed E-state index contributed by atoms with van der Waals surface area (Å²) in [5.41, 5.74) is 0.292. The van der Waals surface area contributed by atoms with E-state index >= 15 is 0 Å². The summed E-state index contributed by atoms with van der Waals surface area (Å²) in [6, 6.07) is 4.50. The Labute approximate surface area is 134 Å². The van der Waals surface area contributed by atoms with Crippen LogP contribution in [0.3, 0.4) is 0 Å². The highest BCUT2D eigenvalue weighted by atomic mass is 35.5. The Morgan fingerprint density at radius 2 is 2.10 bits per heavy atom. The second-order valence-corrected chi connectivity index (χ2v) is 7.02. The van der Waals surface area contributed by atoms with Gasteiger partial charge in [-0.2, -0.15) is 0 Å². The molecule has 0 heterocycles. The van der Waals surface area contributed by atoms with Crippen LogP contribution in [0.5, 0.6) is 0 Å². The highest BCUT2D eigenvalue weighted by molar-refractivity contribution is 7.92. The maximum atomic E-state index is 11.9. The second-order valence-electron chi connectivity index (χ2n) is 4.27. The number of sulfonamides is 1. The average Bonchev–Trinajstić information content (AvgIpc) is 2.37. The minimum Gasteiger partial charge on any atom is -0.353 e. The third-order valence-corrected chi connectivity index (χ3v) is 4.28. The predicted molar refractivity (Wildman–Crippen MR) is 86.5 cm³/mol. The van der Waals surface area contributed by atoms with Crippen LogP contribution in [0.1, 0.15) is 6.42 Å². The summed E-state index contributed by atoms with van der Waals surface area (Å²) in [6.07, 6.45) is 2.61. The molecule has 0 spiro atoms. The van der Waals surface area contributed by atoms with E-state index in [0.29, 0.717) is 17.3 Å². The van der Waals surface area contributed by atoms with Crippen molar-refractivity contribution in [1.29, 1.82) is 0 Å². The van der Waals surface area contributed by atoms with Gasteiger partial charge in [-0.15, -0.1) is 6.58 Å². The van der Waals surface area contributed by atoms with Gasteiger partial charge in [0, 0.05) is 24.5 Å². The number of nitrogens with zero attached hydrogens (tertiary/aromatic N) is 1. The fourth-order valence-corrected chi connectivity index (χ4v) is 3.13. The van der Waals surface area contributed by atoms with Crippen molar-refractivity contribution in [3.63, 3.8) is 0 Å². The monoisotopic (exact) mass is 350 g/mol. The Morgan fingerprint density at radius 1 is 1.43 bits per heavy atom. The molecule has 1 N–H and O–H groups in total. The topological polar surface area (TPSA) is 66.5 Å². The Hall–Kier alpha value is -1.24.